The zero-order valence-corrected chi connectivity index (χ0v) is 20.8. The van der Waals surface area contributed by atoms with Gasteiger partial charge >= 0.3 is 5.97 Å². The van der Waals surface area contributed by atoms with Gasteiger partial charge in [0.1, 0.15) is 11.5 Å². The molecule has 4 aromatic carbocycles. The monoisotopic (exact) mass is 496 g/mol. The summed E-state index contributed by atoms with van der Waals surface area (Å²) in [6.07, 6.45) is -0.0391. The van der Waals surface area contributed by atoms with Crippen molar-refractivity contribution >= 4 is 28.9 Å². The van der Waals surface area contributed by atoms with Crippen LogP contribution in [0, 0.1) is 0 Å². The Kier molecular flexibility index (Phi) is 5.38. The van der Waals surface area contributed by atoms with Crippen molar-refractivity contribution in [1.82, 2.24) is 0 Å². The van der Waals surface area contributed by atoms with Crippen LogP contribution in [-0.2, 0) is 10.3 Å². The number of hydrogen-bond donors (Lipinski definition) is 1. The van der Waals surface area contributed by atoms with E-state index in [1.807, 2.05) is 84.9 Å². The van der Waals surface area contributed by atoms with Crippen LogP contribution in [0.3, 0.4) is 0 Å². The first kappa shape index (κ1) is 22.5. The summed E-state index contributed by atoms with van der Waals surface area (Å²) < 4.78 is 12.6. The lowest BCUT2D eigenvalue weighted by Crippen LogP contribution is -2.39. The third-order valence-electron chi connectivity index (χ3n) is 6.98. The number of carbonyl (C=O) groups is 1. The molecule has 4 aromatic rings. The molecule has 0 bridgehead atoms. The Labute approximate surface area is 215 Å². The third kappa shape index (κ3) is 3.34. The van der Waals surface area contributed by atoms with E-state index in [-0.39, 0.29) is 12.1 Å². The van der Waals surface area contributed by atoms with Crippen molar-refractivity contribution in [3.63, 3.8) is 0 Å². The molecule has 0 aliphatic carbocycles. The molecule has 0 amide bonds. The summed E-state index contributed by atoms with van der Waals surface area (Å²) in [5, 5.41) is 4.18. The molecule has 0 saturated heterocycles. The van der Waals surface area contributed by atoms with Crippen molar-refractivity contribution in [2.75, 3.05) is 16.8 Å². The van der Waals surface area contributed by atoms with Gasteiger partial charge in [-0.25, -0.2) is 4.79 Å². The topological polar surface area (TPSA) is 50.8 Å². The van der Waals surface area contributed by atoms with Gasteiger partial charge in [0, 0.05) is 35.0 Å². The molecule has 0 fully saturated rings. The standard InChI is InChI=1S/C30H25ClN2O3/c1-3-33(19(2)32-26-14-8-7-13-25(26)31)20-16-17-24-28(18-20)35-27-15-9-6-12-23(27)30(24)22-11-5-4-10-21(22)29(34)36-30/h4-19,32H,3H2,1-2H3. The average molecular weight is 497 g/mol. The summed E-state index contributed by atoms with van der Waals surface area (Å²) in [5.74, 6) is 1.01. The van der Waals surface area contributed by atoms with Gasteiger partial charge in [-0.3, -0.25) is 0 Å². The Morgan fingerprint density at radius 3 is 2.39 bits per heavy atom. The fraction of sp³-hybridized carbons (Fsp3) is 0.167. The maximum absolute atomic E-state index is 13.0. The second-order valence-corrected chi connectivity index (χ2v) is 9.39. The van der Waals surface area contributed by atoms with Crippen molar-refractivity contribution in [3.8, 4) is 11.5 Å². The summed E-state index contributed by atoms with van der Waals surface area (Å²) in [4.78, 5) is 15.2. The van der Waals surface area contributed by atoms with E-state index in [4.69, 9.17) is 21.1 Å². The minimum atomic E-state index is -1.05. The molecule has 2 unspecified atom stereocenters. The number of ether oxygens (including phenoxy) is 2. The van der Waals surface area contributed by atoms with E-state index in [1.165, 1.54) is 0 Å². The van der Waals surface area contributed by atoms with E-state index in [0.717, 1.165) is 34.6 Å². The first-order valence-corrected chi connectivity index (χ1v) is 12.4. The van der Waals surface area contributed by atoms with Crippen LogP contribution >= 0.6 is 11.6 Å². The number of hydrogen-bond acceptors (Lipinski definition) is 5. The summed E-state index contributed by atoms with van der Waals surface area (Å²) in [5.41, 5.74) is 3.86. The van der Waals surface area contributed by atoms with E-state index in [0.29, 0.717) is 22.1 Å². The minimum absolute atomic E-state index is 0.0391. The molecule has 36 heavy (non-hydrogen) atoms. The zero-order chi connectivity index (χ0) is 24.9. The van der Waals surface area contributed by atoms with Gasteiger partial charge in [-0.2, -0.15) is 0 Å². The molecule has 2 heterocycles. The molecule has 0 radical (unpaired) electrons. The molecule has 1 spiro atoms. The quantitative estimate of drug-likeness (QED) is 0.234. The van der Waals surface area contributed by atoms with E-state index < -0.39 is 5.60 Å². The number of nitrogens with zero attached hydrogens (tertiary/aromatic N) is 1. The third-order valence-corrected chi connectivity index (χ3v) is 7.31. The fourth-order valence-corrected chi connectivity index (χ4v) is 5.54. The lowest BCUT2D eigenvalue weighted by molar-refractivity contribution is 0.0224. The van der Waals surface area contributed by atoms with Crippen LogP contribution in [0.2, 0.25) is 5.02 Å². The molecular weight excluding hydrogens is 472 g/mol. The maximum atomic E-state index is 13.0. The van der Waals surface area contributed by atoms with Crippen LogP contribution in [0.5, 0.6) is 11.5 Å². The second kappa shape index (κ2) is 8.61. The molecule has 0 aromatic heterocycles. The fourth-order valence-electron chi connectivity index (χ4n) is 5.35. The van der Waals surface area contributed by atoms with E-state index >= 15 is 0 Å². The SMILES string of the molecule is CCN(c1ccc2c(c1)Oc1ccccc1C21OC(=O)c2ccccc21)C(C)Nc1ccccc1Cl. The largest absolute Gasteiger partial charge is 0.456 e. The Bertz CT molecular complexity index is 1490. The lowest BCUT2D eigenvalue weighted by Gasteiger charge is -2.38. The molecule has 1 N–H and O–H groups in total. The Hall–Kier alpha value is -3.96. The van der Waals surface area contributed by atoms with Crippen LogP contribution in [0.4, 0.5) is 11.4 Å². The van der Waals surface area contributed by atoms with Crippen LogP contribution < -0.4 is 15.0 Å². The van der Waals surface area contributed by atoms with Crippen molar-refractivity contribution in [2.24, 2.45) is 0 Å². The average Bonchev–Trinajstić information content (AvgIpc) is 3.19. The van der Waals surface area contributed by atoms with E-state index in [2.05, 4.69) is 30.1 Å². The summed E-state index contributed by atoms with van der Waals surface area (Å²) in [7, 11) is 0. The normalized spacial score (nSPS) is 17.9. The van der Waals surface area contributed by atoms with Gasteiger partial charge in [-0.05, 0) is 50.2 Å². The van der Waals surface area contributed by atoms with Crippen LogP contribution in [0.25, 0.3) is 0 Å². The highest BCUT2D eigenvalue weighted by atomic mass is 35.5. The van der Waals surface area contributed by atoms with Gasteiger partial charge in [0.15, 0.2) is 5.60 Å². The number of rotatable bonds is 5. The molecule has 2 atom stereocenters. The van der Waals surface area contributed by atoms with E-state index in [1.54, 1.807) is 0 Å². The highest BCUT2D eigenvalue weighted by Gasteiger charge is 2.53. The van der Waals surface area contributed by atoms with Crippen LogP contribution in [0.1, 0.15) is 40.9 Å². The first-order chi connectivity index (χ1) is 17.5. The van der Waals surface area contributed by atoms with Crippen LogP contribution in [-0.4, -0.2) is 18.7 Å². The molecule has 0 saturated carbocycles. The Morgan fingerprint density at radius 2 is 1.58 bits per heavy atom. The van der Waals surface area contributed by atoms with Crippen molar-refractivity contribution in [1.29, 1.82) is 0 Å². The number of benzene rings is 4. The lowest BCUT2D eigenvalue weighted by atomic mass is 9.77. The van der Waals surface area contributed by atoms with Gasteiger partial charge in [0.05, 0.1) is 22.4 Å². The highest BCUT2D eigenvalue weighted by Crippen LogP contribution is 2.56. The molecule has 2 aliphatic heterocycles. The Morgan fingerprint density at radius 1 is 0.889 bits per heavy atom. The Balaban J connectivity index is 1.44. The van der Waals surface area contributed by atoms with E-state index in [9.17, 15) is 4.79 Å². The van der Waals surface area contributed by atoms with Crippen LogP contribution in [0.15, 0.2) is 91.0 Å². The van der Waals surface area contributed by atoms with Crippen molar-refractivity contribution < 1.29 is 14.3 Å². The molecule has 180 valence electrons. The van der Waals surface area contributed by atoms with Gasteiger partial charge in [-0.1, -0.05) is 60.1 Å². The highest BCUT2D eigenvalue weighted by molar-refractivity contribution is 6.33. The molecule has 2 aliphatic rings. The van der Waals surface area contributed by atoms with Gasteiger partial charge in [0.2, 0.25) is 0 Å². The molecule has 6 rings (SSSR count). The number of nitrogens with one attached hydrogen (secondary N) is 1. The van der Waals surface area contributed by atoms with Crippen molar-refractivity contribution in [2.45, 2.75) is 25.6 Å². The summed E-state index contributed by atoms with van der Waals surface area (Å²) in [6.45, 7) is 4.97. The number of carbonyl (C=O) groups excluding carboxylic acids is 1. The predicted octanol–water partition coefficient (Wildman–Crippen LogP) is 7.19. The first-order valence-electron chi connectivity index (χ1n) is 12.1. The van der Waals surface area contributed by atoms with Crippen molar-refractivity contribution in [3.05, 3.63) is 118 Å². The number of para-hydroxylation sites is 2. The summed E-state index contributed by atoms with van der Waals surface area (Å²) in [6, 6.07) is 29.2. The summed E-state index contributed by atoms with van der Waals surface area (Å²) >= 11 is 6.38. The predicted molar refractivity (Wildman–Crippen MR) is 142 cm³/mol. The number of fused-ring (bicyclic) bond motifs is 6. The van der Waals surface area contributed by atoms with Gasteiger partial charge < -0.3 is 19.7 Å². The maximum Gasteiger partial charge on any atom is 0.340 e. The molecular formula is C30H25ClN2O3. The molecule has 5 nitrogen and oxygen atoms in total. The van der Waals surface area contributed by atoms with Gasteiger partial charge in [-0.15, -0.1) is 0 Å². The minimum Gasteiger partial charge on any atom is -0.456 e. The number of esters is 1. The molecule has 6 heteroatoms. The second-order valence-electron chi connectivity index (χ2n) is 8.98. The van der Waals surface area contributed by atoms with Gasteiger partial charge in [0.25, 0.3) is 0 Å². The number of halogens is 1. The smallest absolute Gasteiger partial charge is 0.340 e. The number of anilines is 2. The zero-order valence-electron chi connectivity index (χ0n) is 20.0.